The highest BCUT2D eigenvalue weighted by molar-refractivity contribution is 5.69. The molecule has 1 aliphatic heterocycles. The Morgan fingerprint density at radius 3 is 3.15 bits per heavy atom. The molecule has 1 aliphatic rings. The number of pyridine rings is 1. The fourth-order valence-electron chi connectivity index (χ4n) is 3.38. The molecule has 0 aliphatic carbocycles. The summed E-state index contributed by atoms with van der Waals surface area (Å²) in [7, 11) is 1.67. The maximum atomic E-state index is 5.62. The normalized spacial score (nSPS) is 17.4. The minimum Gasteiger partial charge on any atom is -0.468 e. The van der Waals surface area contributed by atoms with Crippen molar-refractivity contribution >= 4 is 5.82 Å². The Balaban J connectivity index is 1.51. The largest absolute Gasteiger partial charge is 0.468 e. The highest BCUT2D eigenvalue weighted by Gasteiger charge is 2.31. The molecule has 1 N–H and O–H groups in total. The molecule has 8 heteroatoms. The van der Waals surface area contributed by atoms with Gasteiger partial charge < -0.3 is 19.0 Å². The highest BCUT2D eigenvalue weighted by Crippen LogP contribution is 2.34. The van der Waals surface area contributed by atoms with E-state index in [4.69, 9.17) is 13.7 Å². The molecule has 4 rings (SSSR count). The molecule has 0 radical (unpaired) electrons. The zero-order valence-corrected chi connectivity index (χ0v) is 15.3. The molecule has 4 heterocycles. The van der Waals surface area contributed by atoms with E-state index in [0.717, 1.165) is 43.1 Å². The molecule has 0 aromatic carbocycles. The van der Waals surface area contributed by atoms with Crippen LogP contribution in [0.1, 0.15) is 30.5 Å². The topological polar surface area (TPSA) is 89.5 Å². The highest BCUT2D eigenvalue weighted by atomic mass is 16.5. The van der Waals surface area contributed by atoms with E-state index >= 15 is 0 Å². The first-order chi connectivity index (χ1) is 13.3. The van der Waals surface area contributed by atoms with Gasteiger partial charge in [0.1, 0.15) is 11.6 Å². The summed E-state index contributed by atoms with van der Waals surface area (Å²) in [5.41, 5.74) is 0.819. The summed E-state index contributed by atoms with van der Waals surface area (Å²) in [4.78, 5) is 11.4. The summed E-state index contributed by atoms with van der Waals surface area (Å²) >= 11 is 0. The number of hydrogen-bond acceptors (Lipinski definition) is 8. The molecule has 0 spiro atoms. The van der Waals surface area contributed by atoms with Crippen molar-refractivity contribution in [1.29, 1.82) is 0 Å². The molecule has 8 nitrogen and oxygen atoms in total. The smallest absolute Gasteiger partial charge is 0.244 e. The van der Waals surface area contributed by atoms with Crippen molar-refractivity contribution in [3.8, 4) is 11.4 Å². The number of nitrogens with zero attached hydrogens (tertiary/aromatic N) is 4. The number of likely N-dealkylation sites (tertiary alicyclic amines) is 1. The lowest BCUT2D eigenvalue weighted by Gasteiger charge is -2.19. The minimum atomic E-state index is 0.109. The van der Waals surface area contributed by atoms with Gasteiger partial charge in [-0.15, -0.1) is 0 Å². The monoisotopic (exact) mass is 369 g/mol. The van der Waals surface area contributed by atoms with Crippen LogP contribution in [0.2, 0.25) is 0 Å². The van der Waals surface area contributed by atoms with Gasteiger partial charge in [0.15, 0.2) is 0 Å². The Hall–Kier alpha value is -2.71. The van der Waals surface area contributed by atoms with E-state index in [9.17, 15) is 0 Å². The van der Waals surface area contributed by atoms with Crippen LogP contribution < -0.4 is 5.32 Å². The molecule has 0 amide bonds. The molecule has 3 aromatic heterocycles. The fourth-order valence-corrected chi connectivity index (χ4v) is 3.38. The summed E-state index contributed by atoms with van der Waals surface area (Å²) < 4.78 is 16.2. The molecule has 0 bridgehead atoms. The summed E-state index contributed by atoms with van der Waals surface area (Å²) in [5, 5.41) is 7.45. The van der Waals surface area contributed by atoms with Crippen LogP contribution in [0.15, 0.2) is 45.7 Å². The molecule has 3 aromatic rings. The second kappa shape index (κ2) is 8.32. The van der Waals surface area contributed by atoms with Crippen molar-refractivity contribution in [3.63, 3.8) is 0 Å². The van der Waals surface area contributed by atoms with Gasteiger partial charge in [0.2, 0.25) is 11.7 Å². The van der Waals surface area contributed by atoms with Crippen LogP contribution in [-0.4, -0.2) is 46.8 Å². The Morgan fingerprint density at radius 2 is 2.30 bits per heavy atom. The van der Waals surface area contributed by atoms with E-state index < -0.39 is 0 Å². The number of hydrogen-bond donors (Lipinski definition) is 1. The predicted octanol–water partition coefficient (Wildman–Crippen LogP) is 3.12. The van der Waals surface area contributed by atoms with Gasteiger partial charge in [0.25, 0.3) is 0 Å². The van der Waals surface area contributed by atoms with Gasteiger partial charge in [-0.2, -0.15) is 4.98 Å². The molecule has 142 valence electrons. The molecule has 1 unspecified atom stereocenters. The molecule has 27 heavy (non-hydrogen) atoms. The van der Waals surface area contributed by atoms with E-state index in [1.807, 2.05) is 24.3 Å². The average Bonchev–Trinajstić information content (AvgIpc) is 3.44. The first kappa shape index (κ1) is 17.7. The van der Waals surface area contributed by atoms with Crippen LogP contribution in [0.25, 0.3) is 11.4 Å². The van der Waals surface area contributed by atoms with Gasteiger partial charge in [0.05, 0.1) is 31.0 Å². The molecular weight excluding hydrogens is 346 g/mol. The molecular formula is C19H23N5O3. The predicted molar refractivity (Wildman–Crippen MR) is 99.0 cm³/mol. The number of rotatable bonds is 8. The molecule has 1 atom stereocenters. The van der Waals surface area contributed by atoms with Crippen molar-refractivity contribution in [1.82, 2.24) is 20.0 Å². The minimum absolute atomic E-state index is 0.109. The van der Waals surface area contributed by atoms with Gasteiger partial charge in [-0.05, 0) is 43.7 Å². The van der Waals surface area contributed by atoms with Crippen molar-refractivity contribution in [3.05, 3.63) is 48.4 Å². The van der Waals surface area contributed by atoms with Crippen LogP contribution in [0.3, 0.4) is 0 Å². The van der Waals surface area contributed by atoms with Crippen molar-refractivity contribution in [2.75, 3.05) is 32.1 Å². The Morgan fingerprint density at radius 1 is 1.33 bits per heavy atom. The quantitative estimate of drug-likeness (QED) is 0.606. The van der Waals surface area contributed by atoms with Gasteiger partial charge in [-0.1, -0.05) is 5.16 Å². The number of methoxy groups -OCH3 is 1. The summed E-state index contributed by atoms with van der Waals surface area (Å²) in [5.74, 6) is 2.85. The first-order valence-electron chi connectivity index (χ1n) is 9.13. The van der Waals surface area contributed by atoms with Crippen molar-refractivity contribution in [2.24, 2.45) is 0 Å². The Kier molecular flexibility index (Phi) is 5.45. The third-order valence-corrected chi connectivity index (χ3v) is 4.68. The van der Waals surface area contributed by atoms with Gasteiger partial charge in [-0.3, -0.25) is 4.90 Å². The second-order valence-corrected chi connectivity index (χ2v) is 6.48. The molecule has 1 saturated heterocycles. The third-order valence-electron chi connectivity index (χ3n) is 4.68. The second-order valence-electron chi connectivity index (χ2n) is 6.48. The lowest BCUT2D eigenvalue weighted by molar-refractivity contribution is 0.188. The number of anilines is 1. The van der Waals surface area contributed by atoms with Crippen LogP contribution in [-0.2, 0) is 11.3 Å². The Labute approximate surface area is 157 Å². The number of furan rings is 1. The van der Waals surface area contributed by atoms with E-state index in [2.05, 4.69) is 25.3 Å². The number of ether oxygens (including phenoxy) is 1. The standard InChI is InChI=1S/C19H23N5O3/c1-25-12-9-21-17-15(6-2-8-20-17)18-22-19(27-23-18)16-7-3-10-24(16)13-14-5-4-11-26-14/h2,4-6,8,11,16H,3,7,9-10,12-13H2,1H3,(H,20,21). The molecule has 0 saturated carbocycles. The lowest BCUT2D eigenvalue weighted by Crippen LogP contribution is -2.22. The molecule has 1 fully saturated rings. The maximum absolute atomic E-state index is 5.62. The van der Waals surface area contributed by atoms with Crippen LogP contribution >= 0.6 is 0 Å². The van der Waals surface area contributed by atoms with Crippen LogP contribution in [0.5, 0.6) is 0 Å². The van der Waals surface area contributed by atoms with Crippen LogP contribution in [0, 0.1) is 0 Å². The average molecular weight is 369 g/mol. The van der Waals surface area contributed by atoms with E-state index in [-0.39, 0.29) is 6.04 Å². The van der Waals surface area contributed by atoms with Crippen molar-refractivity contribution in [2.45, 2.75) is 25.4 Å². The number of aromatic nitrogens is 3. The van der Waals surface area contributed by atoms with E-state index in [1.165, 1.54) is 0 Å². The first-order valence-corrected chi connectivity index (χ1v) is 9.13. The van der Waals surface area contributed by atoms with E-state index in [1.54, 1.807) is 19.6 Å². The van der Waals surface area contributed by atoms with Gasteiger partial charge in [-0.25, -0.2) is 4.98 Å². The van der Waals surface area contributed by atoms with Crippen LogP contribution in [0.4, 0.5) is 5.82 Å². The Bertz CT molecular complexity index is 849. The summed E-state index contributed by atoms with van der Waals surface area (Å²) in [6, 6.07) is 7.81. The summed E-state index contributed by atoms with van der Waals surface area (Å²) in [6.45, 7) is 2.98. The lowest BCUT2D eigenvalue weighted by atomic mass is 10.2. The van der Waals surface area contributed by atoms with Gasteiger partial charge in [0, 0.05) is 19.9 Å². The van der Waals surface area contributed by atoms with E-state index in [0.29, 0.717) is 24.9 Å². The fraction of sp³-hybridized carbons (Fsp3) is 0.421. The SMILES string of the molecule is COCCNc1ncccc1-c1noc(C2CCCN2Cc2ccco2)n1. The van der Waals surface area contributed by atoms with Crippen molar-refractivity contribution < 1.29 is 13.7 Å². The maximum Gasteiger partial charge on any atom is 0.244 e. The van der Waals surface area contributed by atoms with Gasteiger partial charge >= 0.3 is 0 Å². The zero-order valence-electron chi connectivity index (χ0n) is 15.3. The summed E-state index contributed by atoms with van der Waals surface area (Å²) in [6.07, 6.45) is 5.53. The third kappa shape index (κ3) is 4.01. The number of nitrogens with one attached hydrogen (secondary N) is 1. The zero-order chi connectivity index (χ0) is 18.5.